The highest BCUT2D eigenvalue weighted by molar-refractivity contribution is 9.10. The van der Waals surface area contributed by atoms with Crippen molar-refractivity contribution in [3.8, 4) is 11.4 Å². The number of carbonyl (C=O) groups excluding carboxylic acids is 1. The fraction of sp³-hybridized carbons (Fsp3) is 0.0714. The average Bonchev–Trinajstić information content (AvgIpc) is 3.46. The monoisotopic (exact) mass is 543 g/mol. The van der Waals surface area contributed by atoms with E-state index >= 15 is 0 Å². The molecule has 0 radical (unpaired) electrons. The highest BCUT2D eigenvalue weighted by atomic mass is 79.9. The number of para-hydroxylation sites is 1. The van der Waals surface area contributed by atoms with Crippen LogP contribution in [0.1, 0.15) is 11.3 Å². The number of nitrogens with zero attached hydrogens (tertiary/aromatic N) is 3. The van der Waals surface area contributed by atoms with Crippen molar-refractivity contribution in [2.75, 3.05) is 7.11 Å². The van der Waals surface area contributed by atoms with Crippen molar-refractivity contribution in [1.82, 2.24) is 9.47 Å². The van der Waals surface area contributed by atoms with Gasteiger partial charge in [-0.3, -0.25) is 9.69 Å². The molecule has 1 aliphatic heterocycles. The Kier molecular flexibility index (Phi) is 6.88. The van der Waals surface area contributed by atoms with Gasteiger partial charge in [-0.25, -0.2) is 4.99 Å². The van der Waals surface area contributed by atoms with E-state index in [1.807, 2.05) is 103 Å². The molecule has 1 saturated heterocycles. The molecule has 3 aromatic carbocycles. The summed E-state index contributed by atoms with van der Waals surface area (Å²) in [4.78, 5) is 20.7. The second-order valence-corrected chi connectivity index (χ2v) is 9.78. The van der Waals surface area contributed by atoms with Gasteiger partial charge in [-0.15, -0.1) is 0 Å². The summed E-state index contributed by atoms with van der Waals surface area (Å²) in [6, 6.07) is 29.5. The summed E-state index contributed by atoms with van der Waals surface area (Å²) in [7, 11) is 1.64. The minimum atomic E-state index is -0.0657. The smallest absolute Gasteiger partial charge is 0.267 e. The normalized spacial score (nSPS) is 15.8. The first-order valence-electron chi connectivity index (χ1n) is 11.0. The van der Waals surface area contributed by atoms with E-state index in [1.54, 1.807) is 12.0 Å². The Labute approximate surface area is 216 Å². The Morgan fingerprint density at radius 1 is 0.943 bits per heavy atom. The van der Waals surface area contributed by atoms with Gasteiger partial charge in [0, 0.05) is 22.1 Å². The van der Waals surface area contributed by atoms with Crippen LogP contribution in [-0.4, -0.2) is 27.7 Å². The third-order valence-corrected chi connectivity index (χ3v) is 7.07. The van der Waals surface area contributed by atoms with E-state index in [0.717, 1.165) is 32.9 Å². The van der Waals surface area contributed by atoms with Crippen LogP contribution in [0.4, 0.5) is 5.69 Å². The largest absolute Gasteiger partial charge is 0.497 e. The molecule has 174 valence electrons. The molecule has 0 atom stereocenters. The minimum Gasteiger partial charge on any atom is -0.497 e. The number of hydrogen-bond donors (Lipinski definition) is 0. The number of aromatic nitrogens is 1. The molecule has 1 fully saturated rings. The van der Waals surface area contributed by atoms with E-state index in [4.69, 9.17) is 9.73 Å². The van der Waals surface area contributed by atoms with Gasteiger partial charge in [0.2, 0.25) is 0 Å². The molecule has 1 aliphatic rings. The minimum absolute atomic E-state index is 0.0657. The zero-order chi connectivity index (χ0) is 24.2. The fourth-order valence-electron chi connectivity index (χ4n) is 3.74. The first kappa shape index (κ1) is 23.2. The molecule has 1 aromatic heterocycles. The number of carbonyl (C=O) groups is 1. The first-order chi connectivity index (χ1) is 17.1. The van der Waals surface area contributed by atoms with Gasteiger partial charge in [0.15, 0.2) is 5.17 Å². The number of aliphatic imine (C=N–C) groups is 1. The van der Waals surface area contributed by atoms with Gasteiger partial charge in [0.1, 0.15) is 5.75 Å². The highest BCUT2D eigenvalue weighted by Crippen LogP contribution is 2.35. The number of amides is 1. The Morgan fingerprint density at radius 2 is 1.69 bits per heavy atom. The maximum atomic E-state index is 13.6. The molecule has 1 amide bonds. The molecule has 35 heavy (non-hydrogen) atoms. The quantitative estimate of drug-likeness (QED) is 0.245. The fourth-order valence-corrected chi connectivity index (χ4v) is 4.99. The number of rotatable bonds is 6. The molecule has 0 unspecified atom stereocenters. The number of methoxy groups -OCH3 is 1. The first-order valence-corrected chi connectivity index (χ1v) is 12.6. The lowest BCUT2D eigenvalue weighted by molar-refractivity contribution is -0.122. The summed E-state index contributed by atoms with van der Waals surface area (Å²) in [6.07, 6.45) is 3.93. The van der Waals surface area contributed by atoms with Crippen molar-refractivity contribution in [2.24, 2.45) is 4.99 Å². The van der Waals surface area contributed by atoms with Crippen molar-refractivity contribution in [3.05, 3.63) is 118 Å². The van der Waals surface area contributed by atoms with Crippen LogP contribution in [0.25, 0.3) is 11.8 Å². The summed E-state index contributed by atoms with van der Waals surface area (Å²) in [6.45, 7) is 0.423. The lowest BCUT2D eigenvalue weighted by Gasteiger charge is -2.16. The number of hydrogen-bond acceptors (Lipinski definition) is 4. The predicted molar refractivity (Wildman–Crippen MR) is 146 cm³/mol. The SMILES string of the molecule is COc1ccc(CN2C(=O)/C(=C\c3cccn3-c3ccc(Br)cc3)SC2=Nc2ccccc2)cc1. The van der Waals surface area contributed by atoms with Crippen LogP contribution in [0, 0.1) is 0 Å². The Morgan fingerprint density at radius 3 is 2.40 bits per heavy atom. The number of ether oxygens (including phenoxy) is 1. The molecule has 5 rings (SSSR count). The lowest BCUT2D eigenvalue weighted by atomic mass is 10.2. The zero-order valence-corrected chi connectivity index (χ0v) is 21.4. The number of benzene rings is 3. The summed E-state index contributed by atoms with van der Waals surface area (Å²) in [5, 5.41) is 0.657. The molecule has 0 aliphatic carbocycles. The van der Waals surface area contributed by atoms with Gasteiger partial charge in [-0.2, -0.15) is 0 Å². The molecule has 0 bridgehead atoms. The maximum absolute atomic E-state index is 13.6. The molecule has 2 heterocycles. The van der Waals surface area contributed by atoms with Crippen molar-refractivity contribution in [3.63, 3.8) is 0 Å². The molecule has 7 heteroatoms. The zero-order valence-electron chi connectivity index (χ0n) is 19.0. The van der Waals surface area contributed by atoms with E-state index in [0.29, 0.717) is 16.6 Å². The van der Waals surface area contributed by atoms with Gasteiger partial charge < -0.3 is 9.30 Å². The van der Waals surface area contributed by atoms with Gasteiger partial charge in [0.25, 0.3) is 5.91 Å². The van der Waals surface area contributed by atoms with Crippen molar-refractivity contribution in [2.45, 2.75) is 6.54 Å². The van der Waals surface area contributed by atoms with E-state index in [2.05, 4.69) is 20.5 Å². The molecular formula is C28H22BrN3O2S. The Bertz CT molecular complexity index is 1390. The Hall–Kier alpha value is -3.55. The molecule has 5 nitrogen and oxygen atoms in total. The summed E-state index contributed by atoms with van der Waals surface area (Å²) >= 11 is 4.88. The van der Waals surface area contributed by atoms with Gasteiger partial charge in [-0.05, 0) is 84.1 Å². The topological polar surface area (TPSA) is 46.8 Å². The summed E-state index contributed by atoms with van der Waals surface area (Å²) in [5.74, 6) is 0.715. The molecule has 0 spiro atoms. The van der Waals surface area contributed by atoms with E-state index in [-0.39, 0.29) is 5.91 Å². The van der Waals surface area contributed by atoms with Crippen LogP contribution >= 0.6 is 27.7 Å². The van der Waals surface area contributed by atoms with Crippen LogP contribution < -0.4 is 4.74 Å². The second kappa shape index (κ2) is 10.4. The van der Waals surface area contributed by atoms with Crippen LogP contribution in [0.5, 0.6) is 5.75 Å². The van der Waals surface area contributed by atoms with E-state index < -0.39 is 0 Å². The summed E-state index contributed by atoms with van der Waals surface area (Å²) < 4.78 is 8.35. The third-order valence-electron chi connectivity index (χ3n) is 5.53. The van der Waals surface area contributed by atoms with Crippen molar-refractivity contribution in [1.29, 1.82) is 0 Å². The number of thioether (sulfide) groups is 1. The molecule has 0 saturated carbocycles. The van der Waals surface area contributed by atoms with Gasteiger partial charge in [-0.1, -0.05) is 46.3 Å². The summed E-state index contributed by atoms with van der Waals surface area (Å²) in [5.41, 5.74) is 3.75. The van der Waals surface area contributed by atoms with Gasteiger partial charge >= 0.3 is 0 Å². The van der Waals surface area contributed by atoms with Crippen LogP contribution in [-0.2, 0) is 11.3 Å². The standard InChI is InChI=1S/C28H22BrN3O2S/c1-34-25-15-9-20(10-16-25)19-32-27(33)26(35-28(32)30-22-6-3-2-4-7-22)18-24-8-5-17-31(24)23-13-11-21(29)12-14-23/h2-18H,19H2,1H3/b26-18+,30-28?. The molecule has 0 N–H and O–H groups in total. The number of halogens is 1. The molecular weight excluding hydrogens is 522 g/mol. The third kappa shape index (κ3) is 5.26. The average molecular weight is 544 g/mol. The predicted octanol–water partition coefficient (Wildman–Crippen LogP) is 7.05. The highest BCUT2D eigenvalue weighted by Gasteiger charge is 2.33. The van der Waals surface area contributed by atoms with Crippen molar-refractivity contribution < 1.29 is 9.53 Å². The van der Waals surface area contributed by atoms with E-state index in [9.17, 15) is 4.79 Å². The maximum Gasteiger partial charge on any atom is 0.267 e. The number of amidine groups is 1. The molecule has 4 aromatic rings. The van der Waals surface area contributed by atoms with Crippen LogP contribution in [0.15, 0.2) is 112 Å². The van der Waals surface area contributed by atoms with Gasteiger partial charge in [0.05, 0.1) is 24.2 Å². The second-order valence-electron chi connectivity index (χ2n) is 7.86. The van der Waals surface area contributed by atoms with Crippen LogP contribution in [0.2, 0.25) is 0 Å². The lowest BCUT2D eigenvalue weighted by Crippen LogP contribution is -2.28. The van der Waals surface area contributed by atoms with E-state index in [1.165, 1.54) is 11.8 Å². The van der Waals surface area contributed by atoms with Crippen LogP contribution in [0.3, 0.4) is 0 Å². The van der Waals surface area contributed by atoms with Crippen molar-refractivity contribution >= 4 is 50.5 Å². The Balaban J connectivity index is 1.49.